The Morgan fingerprint density at radius 3 is 3.12 bits per heavy atom. The molecule has 2 N–H and O–H groups in total. The van der Waals surface area contributed by atoms with Crippen molar-refractivity contribution >= 4 is 16.9 Å². The Kier molecular flexibility index (Phi) is 2.98. The van der Waals surface area contributed by atoms with Crippen LogP contribution in [-0.4, -0.2) is 33.4 Å². The van der Waals surface area contributed by atoms with Crippen molar-refractivity contribution in [2.24, 2.45) is 0 Å². The molecule has 0 unspecified atom stereocenters. The van der Waals surface area contributed by atoms with Gasteiger partial charge in [0.25, 0.3) is 5.71 Å². The van der Waals surface area contributed by atoms with Crippen LogP contribution in [0.15, 0.2) is 10.9 Å². The average Bonchev–Trinajstić information content (AvgIpc) is 2.68. The van der Waals surface area contributed by atoms with Gasteiger partial charge in [-0.1, -0.05) is 17.0 Å². The second kappa shape index (κ2) is 4.59. The number of rotatable bonds is 2. The van der Waals surface area contributed by atoms with Gasteiger partial charge < -0.3 is 14.9 Å². The van der Waals surface area contributed by atoms with Crippen molar-refractivity contribution in [1.29, 1.82) is 0 Å². The quantitative estimate of drug-likeness (QED) is 0.707. The summed E-state index contributed by atoms with van der Waals surface area (Å²) in [6, 6.07) is 0. The molecule has 0 radical (unpaired) electrons. The summed E-state index contributed by atoms with van der Waals surface area (Å²) in [6.45, 7) is 2.07. The molecule has 82 valence electrons. The van der Waals surface area contributed by atoms with E-state index in [0.29, 0.717) is 18.1 Å². The fraction of sp³-hybridized carbons (Fsp3) is 0.300. The van der Waals surface area contributed by atoms with Crippen LogP contribution in [0.2, 0.25) is 0 Å². The Balaban J connectivity index is 2.26. The third-order valence-corrected chi connectivity index (χ3v) is 1.99. The molecule has 6 heteroatoms. The highest BCUT2D eigenvalue weighted by atomic mass is 16.5. The number of aryl methyl sites for hydroxylation is 1. The third kappa shape index (κ3) is 1.94. The second-order valence-corrected chi connectivity index (χ2v) is 3.04. The van der Waals surface area contributed by atoms with E-state index in [1.54, 1.807) is 0 Å². The van der Waals surface area contributed by atoms with E-state index in [2.05, 4.69) is 32.3 Å². The maximum Gasteiger partial charge on any atom is 0.263 e. The lowest BCUT2D eigenvalue weighted by molar-refractivity contribution is 0.350. The number of hydrogen-bond acceptors (Lipinski definition) is 6. The van der Waals surface area contributed by atoms with Gasteiger partial charge in [0.1, 0.15) is 24.1 Å². The van der Waals surface area contributed by atoms with Crippen molar-refractivity contribution in [2.75, 3.05) is 18.5 Å². The van der Waals surface area contributed by atoms with E-state index >= 15 is 0 Å². The highest BCUT2D eigenvalue weighted by molar-refractivity contribution is 5.87. The molecular formula is C10H10N4O2. The van der Waals surface area contributed by atoms with Crippen molar-refractivity contribution in [1.82, 2.24) is 15.1 Å². The lowest BCUT2D eigenvalue weighted by Crippen LogP contribution is -2.02. The van der Waals surface area contributed by atoms with E-state index in [0.717, 1.165) is 11.1 Å². The first-order valence-corrected chi connectivity index (χ1v) is 4.70. The van der Waals surface area contributed by atoms with Gasteiger partial charge in [-0.25, -0.2) is 4.98 Å². The SMILES string of the molecule is Cc1noc2ncnc(NCC#CCO)c12. The van der Waals surface area contributed by atoms with Crippen molar-refractivity contribution in [3.63, 3.8) is 0 Å². The first kappa shape index (κ1) is 10.4. The normalized spacial score (nSPS) is 9.88. The van der Waals surface area contributed by atoms with Crippen LogP contribution in [0, 0.1) is 18.8 Å². The molecule has 6 nitrogen and oxygen atoms in total. The monoisotopic (exact) mass is 218 g/mol. The molecule has 16 heavy (non-hydrogen) atoms. The minimum absolute atomic E-state index is 0.146. The van der Waals surface area contributed by atoms with Gasteiger partial charge >= 0.3 is 0 Å². The Hall–Kier alpha value is -2.13. The van der Waals surface area contributed by atoms with Crippen molar-refractivity contribution < 1.29 is 9.63 Å². The number of nitrogens with zero attached hydrogens (tertiary/aromatic N) is 3. The molecule has 2 rings (SSSR count). The van der Waals surface area contributed by atoms with Gasteiger partial charge in [0.15, 0.2) is 0 Å². The number of aliphatic hydroxyl groups excluding tert-OH is 1. The lowest BCUT2D eigenvalue weighted by atomic mass is 10.3. The van der Waals surface area contributed by atoms with Crippen LogP contribution in [0.5, 0.6) is 0 Å². The van der Waals surface area contributed by atoms with E-state index < -0.39 is 0 Å². The molecule has 2 aromatic rings. The standard InChI is InChI=1S/C10H10N4O2/c1-7-8-9(11-4-2-3-5-15)12-6-13-10(8)16-14-7/h6,15H,4-5H2,1H3,(H,11,12,13). The van der Waals surface area contributed by atoms with E-state index in [1.165, 1.54) is 6.33 Å². The van der Waals surface area contributed by atoms with E-state index in [1.807, 2.05) is 6.92 Å². The summed E-state index contributed by atoms with van der Waals surface area (Å²) in [6.07, 6.45) is 1.40. The van der Waals surface area contributed by atoms with Crippen LogP contribution < -0.4 is 5.32 Å². The van der Waals surface area contributed by atoms with E-state index in [9.17, 15) is 0 Å². The van der Waals surface area contributed by atoms with Crippen molar-refractivity contribution in [3.8, 4) is 11.8 Å². The summed E-state index contributed by atoms with van der Waals surface area (Å²) >= 11 is 0. The molecule has 0 aliphatic rings. The van der Waals surface area contributed by atoms with Crippen LogP contribution in [-0.2, 0) is 0 Å². The Labute approximate surface area is 91.7 Å². The summed E-state index contributed by atoms with van der Waals surface area (Å²) in [5.74, 6) is 5.91. The summed E-state index contributed by atoms with van der Waals surface area (Å²) in [4.78, 5) is 8.04. The van der Waals surface area contributed by atoms with E-state index in [4.69, 9.17) is 9.63 Å². The predicted octanol–water partition coefficient (Wildman–Crippen LogP) is 0.334. The molecule has 0 bridgehead atoms. The van der Waals surface area contributed by atoms with Crippen LogP contribution in [0.4, 0.5) is 5.82 Å². The van der Waals surface area contributed by atoms with Crippen molar-refractivity contribution in [3.05, 3.63) is 12.0 Å². The fourth-order valence-electron chi connectivity index (χ4n) is 1.30. The molecule has 2 aromatic heterocycles. The number of hydrogen-bond donors (Lipinski definition) is 2. The highest BCUT2D eigenvalue weighted by Crippen LogP contribution is 2.21. The Bertz CT molecular complexity index is 553. The molecule has 0 aromatic carbocycles. The van der Waals surface area contributed by atoms with Gasteiger partial charge in [0.05, 0.1) is 12.2 Å². The first-order valence-electron chi connectivity index (χ1n) is 4.70. The second-order valence-electron chi connectivity index (χ2n) is 3.04. The fourth-order valence-corrected chi connectivity index (χ4v) is 1.30. The molecule has 0 aliphatic heterocycles. The number of aliphatic hydroxyl groups is 1. The Morgan fingerprint density at radius 2 is 2.31 bits per heavy atom. The topological polar surface area (TPSA) is 84.1 Å². The van der Waals surface area contributed by atoms with Gasteiger partial charge in [-0.15, -0.1) is 0 Å². The summed E-state index contributed by atoms with van der Waals surface area (Å²) in [7, 11) is 0. The van der Waals surface area contributed by atoms with Crippen LogP contribution >= 0.6 is 0 Å². The van der Waals surface area contributed by atoms with Crippen LogP contribution in [0.3, 0.4) is 0 Å². The molecule has 0 amide bonds. The smallest absolute Gasteiger partial charge is 0.263 e. The number of anilines is 1. The molecule has 0 saturated heterocycles. The maximum absolute atomic E-state index is 8.49. The molecule has 0 saturated carbocycles. The van der Waals surface area contributed by atoms with Gasteiger partial charge in [-0.05, 0) is 6.92 Å². The zero-order chi connectivity index (χ0) is 11.4. The number of aromatic nitrogens is 3. The van der Waals surface area contributed by atoms with Crippen molar-refractivity contribution in [2.45, 2.75) is 6.92 Å². The minimum atomic E-state index is -0.146. The molecule has 0 fully saturated rings. The van der Waals surface area contributed by atoms with Crippen LogP contribution in [0.25, 0.3) is 11.1 Å². The largest absolute Gasteiger partial charge is 0.384 e. The summed E-state index contributed by atoms with van der Waals surface area (Å²) in [5.41, 5.74) is 1.18. The molecule has 0 aliphatic carbocycles. The zero-order valence-electron chi connectivity index (χ0n) is 8.69. The predicted molar refractivity (Wildman–Crippen MR) is 57.7 cm³/mol. The number of nitrogens with one attached hydrogen (secondary N) is 1. The average molecular weight is 218 g/mol. The van der Waals surface area contributed by atoms with Gasteiger partial charge in [-0.2, -0.15) is 4.98 Å². The molecule has 0 spiro atoms. The lowest BCUT2D eigenvalue weighted by Gasteiger charge is -2.00. The maximum atomic E-state index is 8.49. The highest BCUT2D eigenvalue weighted by Gasteiger charge is 2.10. The van der Waals surface area contributed by atoms with E-state index in [-0.39, 0.29) is 6.61 Å². The van der Waals surface area contributed by atoms with Crippen LogP contribution in [0.1, 0.15) is 5.69 Å². The molecule has 0 atom stereocenters. The van der Waals surface area contributed by atoms with Gasteiger partial charge in [0.2, 0.25) is 0 Å². The summed E-state index contributed by atoms with van der Waals surface area (Å²) in [5, 5.41) is 16.1. The van der Waals surface area contributed by atoms with Gasteiger partial charge in [0, 0.05) is 0 Å². The van der Waals surface area contributed by atoms with Gasteiger partial charge in [-0.3, -0.25) is 0 Å². The Morgan fingerprint density at radius 1 is 1.44 bits per heavy atom. The molecular weight excluding hydrogens is 208 g/mol. The third-order valence-electron chi connectivity index (χ3n) is 1.99. The summed E-state index contributed by atoms with van der Waals surface area (Å²) < 4.78 is 5.00. The number of fused-ring (bicyclic) bond motifs is 1. The first-order chi connectivity index (χ1) is 7.83. The minimum Gasteiger partial charge on any atom is -0.384 e. The molecule has 2 heterocycles. The zero-order valence-corrected chi connectivity index (χ0v) is 8.69.